The minimum absolute atomic E-state index is 0.674. The monoisotopic (exact) mass is 174 g/mol. The second-order valence-electron chi connectivity index (χ2n) is 3.48. The molecule has 0 fully saturated rings. The predicted molar refractivity (Wildman–Crippen MR) is 51.0 cm³/mol. The SMILES string of the molecule is CCCCOC(C)(O)CCCC. The van der Waals surface area contributed by atoms with Gasteiger partial charge in [0.25, 0.3) is 0 Å². The highest BCUT2D eigenvalue weighted by Gasteiger charge is 2.18. The molecule has 0 bridgehead atoms. The normalized spacial score (nSPS) is 16.0. The van der Waals surface area contributed by atoms with Crippen LogP contribution in [-0.2, 0) is 4.74 Å². The Morgan fingerprint density at radius 1 is 1.17 bits per heavy atom. The van der Waals surface area contributed by atoms with Crippen LogP contribution in [0.3, 0.4) is 0 Å². The van der Waals surface area contributed by atoms with E-state index in [4.69, 9.17) is 4.74 Å². The smallest absolute Gasteiger partial charge is 0.162 e. The van der Waals surface area contributed by atoms with Crippen LogP contribution in [0.2, 0.25) is 0 Å². The molecule has 0 heterocycles. The maximum Gasteiger partial charge on any atom is 0.162 e. The van der Waals surface area contributed by atoms with E-state index in [0.717, 1.165) is 32.1 Å². The van der Waals surface area contributed by atoms with Crippen molar-refractivity contribution in [2.75, 3.05) is 6.61 Å². The molecule has 1 N–H and O–H groups in total. The molecule has 0 saturated carbocycles. The largest absolute Gasteiger partial charge is 0.366 e. The summed E-state index contributed by atoms with van der Waals surface area (Å²) in [6.07, 6.45) is 5.02. The Morgan fingerprint density at radius 3 is 2.25 bits per heavy atom. The van der Waals surface area contributed by atoms with Crippen LogP contribution < -0.4 is 0 Å². The molecule has 0 aromatic carbocycles. The standard InChI is InChI=1S/C10H22O2/c1-4-6-8-10(3,11)12-9-7-5-2/h11H,4-9H2,1-3H3. The molecule has 74 valence electrons. The van der Waals surface area contributed by atoms with Crippen LogP contribution in [0.4, 0.5) is 0 Å². The first-order chi connectivity index (χ1) is 5.62. The fourth-order valence-electron chi connectivity index (χ4n) is 1.01. The highest BCUT2D eigenvalue weighted by Crippen LogP contribution is 2.15. The zero-order valence-corrected chi connectivity index (χ0v) is 8.60. The number of hydrogen-bond donors (Lipinski definition) is 1. The van der Waals surface area contributed by atoms with Gasteiger partial charge in [0.05, 0.1) is 0 Å². The quantitative estimate of drug-likeness (QED) is 0.475. The molecule has 1 unspecified atom stereocenters. The van der Waals surface area contributed by atoms with Crippen molar-refractivity contribution in [3.8, 4) is 0 Å². The van der Waals surface area contributed by atoms with Gasteiger partial charge in [-0.15, -0.1) is 0 Å². The van der Waals surface area contributed by atoms with Crippen molar-refractivity contribution in [3.63, 3.8) is 0 Å². The van der Waals surface area contributed by atoms with Crippen LogP contribution in [0.15, 0.2) is 0 Å². The summed E-state index contributed by atoms with van der Waals surface area (Å²) in [4.78, 5) is 0. The first kappa shape index (κ1) is 11.9. The maximum atomic E-state index is 9.65. The number of hydrogen-bond acceptors (Lipinski definition) is 2. The van der Waals surface area contributed by atoms with E-state index in [1.54, 1.807) is 6.92 Å². The number of aliphatic hydroxyl groups is 1. The summed E-state index contributed by atoms with van der Waals surface area (Å²) in [5.41, 5.74) is 0. The molecule has 1 atom stereocenters. The lowest BCUT2D eigenvalue weighted by Crippen LogP contribution is -2.28. The summed E-state index contributed by atoms with van der Waals surface area (Å²) in [6.45, 7) is 6.65. The summed E-state index contributed by atoms with van der Waals surface area (Å²) < 4.78 is 5.33. The summed E-state index contributed by atoms with van der Waals surface area (Å²) in [7, 11) is 0. The topological polar surface area (TPSA) is 29.5 Å². The van der Waals surface area contributed by atoms with Gasteiger partial charge in [0, 0.05) is 13.0 Å². The zero-order valence-electron chi connectivity index (χ0n) is 8.60. The summed E-state index contributed by atoms with van der Waals surface area (Å²) in [5.74, 6) is -0.898. The molecule has 0 aliphatic carbocycles. The van der Waals surface area contributed by atoms with Crippen LogP contribution >= 0.6 is 0 Å². The lowest BCUT2D eigenvalue weighted by Gasteiger charge is -2.23. The van der Waals surface area contributed by atoms with Crippen molar-refractivity contribution in [1.29, 1.82) is 0 Å². The van der Waals surface area contributed by atoms with Gasteiger partial charge >= 0.3 is 0 Å². The lowest BCUT2D eigenvalue weighted by atomic mass is 10.1. The average Bonchev–Trinajstić information content (AvgIpc) is 2.01. The summed E-state index contributed by atoms with van der Waals surface area (Å²) in [6, 6.07) is 0. The Labute approximate surface area is 75.9 Å². The summed E-state index contributed by atoms with van der Waals surface area (Å²) in [5, 5.41) is 9.65. The molecule has 0 saturated heterocycles. The molecule has 0 amide bonds. The van der Waals surface area contributed by atoms with Crippen LogP contribution in [0, 0.1) is 0 Å². The molecule has 0 aromatic heterocycles. The number of ether oxygens (including phenoxy) is 1. The Bertz CT molecular complexity index is 100. The molecule has 2 heteroatoms. The molecule has 0 radical (unpaired) electrons. The van der Waals surface area contributed by atoms with E-state index in [1.807, 2.05) is 0 Å². The van der Waals surface area contributed by atoms with Gasteiger partial charge in [0.2, 0.25) is 0 Å². The van der Waals surface area contributed by atoms with Crippen molar-refractivity contribution < 1.29 is 9.84 Å². The van der Waals surface area contributed by atoms with Crippen LogP contribution in [0.1, 0.15) is 52.9 Å². The third-order valence-corrected chi connectivity index (χ3v) is 1.91. The number of unbranched alkanes of at least 4 members (excludes halogenated alkanes) is 2. The average molecular weight is 174 g/mol. The molecule has 2 nitrogen and oxygen atoms in total. The van der Waals surface area contributed by atoms with E-state index in [9.17, 15) is 5.11 Å². The first-order valence-electron chi connectivity index (χ1n) is 4.98. The molecule has 0 rings (SSSR count). The molecular weight excluding hydrogens is 152 g/mol. The van der Waals surface area contributed by atoms with Crippen LogP contribution in [-0.4, -0.2) is 17.5 Å². The minimum Gasteiger partial charge on any atom is -0.366 e. The van der Waals surface area contributed by atoms with Crippen LogP contribution in [0.5, 0.6) is 0 Å². The van der Waals surface area contributed by atoms with Gasteiger partial charge in [0.1, 0.15) is 0 Å². The van der Waals surface area contributed by atoms with Crippen molar-refractivity contribution in [1.82, 2.24) is 0 Å². The van der Waals surface area contributed by atoms with Gasteiger partial charge in [-0.2, -0.15) is 0 Å². The van der Waals surface area contributed by atoms with Gasteiger partial charge in [0.15, 0.2) is 5.79 Å². The second kappa shape index (κ2) is 6.44. The molecule has 12 heavy (non-hydrogen) atoms. The second-order valence-corrected chi connectivity index (χ2v) is 3.48. The zero-order chi connectivity index (χ0) is 9.45. The highest BCUT2D eigenvalue weighted by molar-refractivity contribution is 4.59. The first-order valence-corrected chi connectivity index (χ1v) is 4.98. The molecule has 0 aliphatic heterocycles. The van der Waals surface area contributed by atoms with E-state index < -0.39 is 5.79 Å². The Kier molecular flexibility index (Phi) is 6.39. The van der Waals surface area contributed by atoms with Crippen molar-refractivity contribution in [3.05, 3.63) is 0 Å². The van der Waals surface area contributed by atoms with Crippen molar-refractivity contribution in [2.24, 2.45) is 0 Å². The number of rotatable bonds is 7. The van der Waals surface area contributed by atoms with Gasteiger partial charge in [-0.25, -0.2) is 0 Å². The van der Waals surface area contributed by atoms with Crippen molar-refractivity contribution >= 4 is 0 Å². The van der Waals surface area contributed by atoms with E-state index in [1.165, 1.54) is 0 Å². The van der Waals surface area contributed by atoms with Crippen molar-refractivity contribution in [2.45, 2.75) is 58.7 Å². The predicted octanol–water partition coefficient (Wildman–Crippen LogP) is 2.70. The Hall–Kier alpha value is -0.0800. The van der Waals surface area contributed by atoms with Gasteiger partial charge in [-0.1, -0.05) is 26.7 Å². The van der Waals surface area contributed by atoms with Gasteiger partial charge in [-0.05, 0) is 19.8 Å². The third kappa shape index (κ3) is 6.62. The molecular formula is C10H22O2. The summed E-state index contributed by atoms with van der Waals surface area (Å²) >= 11 is 0. The fourth-order valence-corrected chi connectivity index (χ4v) is 1.01. The Morgan fingerprint density at radius 2 is 1.75 bits per heavy atom. The highest BCUT2D eigenvalue weighted by atomic mass is 16.6. The Balaban J connectivity index is 3.42. The van der Waals surface area contributed by atoms with Crippen LogP contribution in [0.25, 0.3) is 0 Å². The molecule has 0 aliphatic rings. The van der Waals surface area contributed by atoms with E-state index in [2.05, 4.69) is 13.8 Å². The maximum absolute atomic E-state index is 9.65. The molecule has 0 spiro atoms. The van der Waals surface area contributed by atoms with E-state index >= 15 is 0 Å². The third-order valence-electron chi connectivity index (χ3n) is 1.91. The van der Waals surface area contributed by atoms with Gasteiger partial charge < -0.3 is 9.84 Å². The minimum atomic E-state index is -0.898. The lowest BCUT2D eigenvalue weighted by molar-refractivity contribution is -0.195. The molecule has 0 aromatic rings. The fraction of sp³-hybridized carbons (Fsp3) is 1.00. The van der Waals surface area contributed by atoms with E-state index in [0.29, 0.717) is 6.61 Å². The van der Waals surface area contributed by atoms with E-state index in [-0.39, 0.29) is 0 Å². The van der Waals surface area contributed by atoms with Gasteiger partial charge in [-0.3, -0.25) is 0 Å².